The molecule has 0 aliphatic rings. The van der Waals surface area contributed by atoms with Gasteiger partial charge < -0.3 is 25.0 Å². The molecule has 0 heterocycles. The molecule has 7 heteroatoms. The zero-order valence-corrected chi connectivity index (χ0v) is 15.2. The van der Waals surface area contributed by atoms with E-state index in [1.54, 1.807) is 59.2 Å². The number of amides is 3. The fourth-order valence-corrected chi connectivity index (χ4v) is 1.77. The lowest BCUT2D eigenvalue weighted by molar-refractivity contribution is 0.0516. The van der Waals surface area contributed by atoms with Gasteiger partial charge in [0.1, 0.15) is 11.4 Å². The van der Waals surface area contributed by atoms with Gasteiger partial charge in [0.25, 0.3) is 0 Å². The van der Waals surface area contributed by atoms with E-state index in [1.807, 2.05) is 6.92 Å². The predicted molar refractivity (Wildman–Crippen MR) is 93.5 cm³/mol. The number of nitrogens with one attached hydrogen (secondary N) is 2. The molecule has 134 valence electrons. The summed E-state index contributed by atoms with van der Waals surface area (Å²) in [5, 5.41) is 5.44. The summed E-state index contributed by atoms with van der Waals surface area (Å²) in [4.78, 5) is 25.4. The van der Waals surface area contributed by atoms with Crippen LogP contribution in [0.25, 0.3) is 0 Å². The third kappa shape index (κ3) is 6.76. The minimum absolute atomic E-state index is 0.198. The summed E-state index contributed by atoms with van der Waals surface area (Å²) in [7, 11) is 3.25. The maximum atomic E-state index is 12.2. The number of carbonyl (C=O) groups is 2. The van der Waals surface area contributed by atoms with Crippen LogP contribution in [-0.4, -0.2) is 49.4 Å². The third-order valence-corrected chi connectivity index (χ3v) is 3.26. The Balaban J connectivity index is 2.47. The summed E-state index contributed by atoms with van der Waals surface area (Å²) < 4.78 is 10.2. The molecule has 24 heavy (non-hydrogen) atoms. The molecule has 3 amide bonds. The first-order valence-corrected chi connectivity index (χ1v) is 7.77. The van der Waals surface area contributed by atoms with Gasteiger partial charge in [-0.3, -0.25) is 0 Å². The highest BCUT2D eigenvalue weighted by atomic mass is 16.6. The maximum absolute atomic E-state index is 12.2. The molecule has 0 aliphatic carbocycles. The van der Waals surface area contributed by atoms with Gasteiger partial charge in [-0.1, -0.05) is 0 Å². The molecule has 0 spiro atoms. The Kier molecular flexibility index (Phi) is 6.88. The van der Waals surface area contributed by atoms with Crippen molar-refractivity contribution in [1.29, 1.82) is 0 Å². The molecule has 2 N–H and O–H groups in total. The number of hydrogen-bond donors (Lipinski definition) is 2. The second kappa shape index (κ2) is 8.42. The van der Waals surface area contributed by atoms with E-state index in [-0.39, 0.29) is 12.1 Å². The van der Waals surface area contributed by atoms with Crippen molar-refractivity contribution in [2.45, 2.75) is 39.3 Å². The van der Waals surface area contributed by atoms with Gasteiger partial charge in [0.15, 0.2) is 0 Å². The van der Waals surface area contributed by atoms with Gasteiger partial charge in [-0.25, -0.2) is 9.59 Å². The maximum Gasteiger partial charge on any atom is 0.407 e. The van der Waals surface area contributed by atoms with E-state index in [4.69, 9.17) is 9.47 Å². The van der Waals surface area contributed by atoms with Crippen LogP contribution in [0.5, 0.6) is 5.75 Å². The van der Waals surface area contributed by atoms with Crippen LogP contribution in [0, 0.1) is 0 Å². The zero-order chi connectivity index (χ0) is 18.3. The fraction of sp³-hybridized carbons (Fsp3) is 0.529. The molecule has 1 rings (SSSR count). The molecule has 0 radical (unpaired) electrons. The van der Waals surface area contributed by atoms with Crippen molar-refractivity contribution in [1.82, 2.24) is 10.2 Å². The van der Waals surface area contributed by atoms with Crippen molar-refractivity contribution in [2.24, 2.45) is 0 Å². The number of rotatable bonds is 5. The summed E-state index contributed by atoms with van der Waals surface area (Å²) in [6.45, 7) is 7.52. The van der Waals surface area contributed by atoms with Crippen LogP contribution in [0.1, 0.15) is 27.7 Å². The van der Waals surface area contributed by atoms with Gasteiger partial charge in [0.05, 0.1) is 7.11 Å². The predicted octanol–water partition coefficient (Wildman–Crippen LogP) is 3.07. The normalized spacial score (nSPS) is 12.1. The van der Waals surface area contributed by atoms with Gasteiger partial charge in [-0.15, -0.1) is 0 Å². The van der Waals surface area contributed by atoms with E-state index in [0.29, 0.717) is 12.2 Å². The van der Waals surface area contributed by atoms with E-state index in [0.717, 1.165) is 5.75 Å². The average molecular weight is 337 g/mol. The van der Waals surface area contributed by atoms with E-state index in [1.165, 1.54) is 4.90 Å². The number of anilines is 1. The highest BCUT2D eigenvalue weighted by Gasteiger charge is 2.19. The highest BCUT2D eigenvalue weighted by Crippen LogP contribution is 2.15. The van der Waals surface area contributed by atoms with Crippen LogP contribution in [-0.2, 0) is 4.74 Å². The number of ether oxygens (including phenoxy) is 2. The zero-order valence-electron chi connectivity index (χ0n) is 15.2. The molecule has 0 bridgehead atoms. The highest BCUT2D eigenvalue weighted by molar-refractivity contribution is 5.89. The van der Waals surface area contributed by atoms with Crippen molar-refractivity contribution in [3.8, 4) is 5.75 Å². The second-order valence-corrected chi connectivity index (χ2v) is 6.50. The molecule has 7 nitrogen and oxygen atoms in total. The quantitative estimate of drug-likeness (QED) is 0.865. The molecule has 1 aromatic rings. The Labute approximate surface area is 143 Å². The Hall–Kier alpha value is -2.44. The fourth-order valence-electron chi connectivity index (χ4n) is 1.77. The van der Waals surface area contributed by atoms with Crippen molar-refractivity contribution in [2.75, 3.05) is 26.0 Å². The van der Waals surface area contributed by atoms with Crippen LogP contribution < -0.4 is 15.4 Å². The van der Waals surface area contributed by atoms with Crippen LogP contribution in [0.15, 0.2) is 24.3 Å². The molecule has 1 atom stereocenters. The van der Waals surface area contributed by atoms with E-state index in [2.05, 4.69) is 10.6 Å². The number of benzene rings is 1. The summed E-state index contributed by atoms with van der Waals surface area (Å²) in [5.41, 5.74) is 0.116. The SMILES string of the molecule is COc1ccc(NC(=O)N(C)C(C)CNC(=O)OC(C)(C)C)cc1. The van der Waals surface area contributed by atoms with Crippen LogP contribution in [0.3, 0.4) is 0 Å². The summed E-state index contributed by atoms with van der Waals surface area (Å²) in [6.07, 6.45) is -0.502. The van der Waals surface area contributed by atoms with Crippen LogP contribution in [0.4, 0.5) is 15.3 Å². The first-order chi connectivity index (χ1) is 11.1. The summed E-state index contributed by atoms with van der Waals surface area (Å²) in [5.74, 6) is 0.719. The van der Waals surface area contributed by atoms with Gasteiger partial charge in [0.2, 0.25) is 0 Å². The number of methoxy groups -OCH3 is 1. The Morgan fingerprint density at radius 1 is 1.21 bits per heavy atom. The van der Waals surface area contributed by atoms with Gasteiger partial charge in [0, 0.05) is 25.3 Å². The molecule has 1 unspecified atom stereocenters. The summed E-state index contributed by atoms with van der Waals surface area (Å²) >= 11 is 0. The number of urea groups is 1. The van der Waals surface area contributed by atoms with Crippen molar-refractivity contribution in [3.63, 3.8) is 0 Å². The molecular weight excluding hydrogens is 310 g/mol. The van der Waals surface area contributed by atoms with Crippen molar-refractivity contribution in [3.05, 3.63) is 24.3 Å². The van der Waals surface area contributed by atoms with E-state index in [9.17, 15) is 9.59 Å². The first-order valence-electron chi connectivity index (χ1n) is 7.77. The lowest BCUT2D eigenvalue weighted by Gasteiger charge is -2.26. The molecule has 1 aromatic carbocycles. The monoisotopic (exact) mass is 337 g/mol. The van der Waals surface area contributed by atoms with Crippen LogP contribution in [0.2, 0.25) is 0 Å². The topological polar surface area (TPSA) is 79.9 Å². The number of likely N-dealkylation sites (N-methyl/N-ethyl adjacent to an activating group) is 1. The lowest BCUT2D eigenvalue weighted by atomic mass is 10.2. The molecule has 0 aliphatic heterocycles. The van der Waals surface area contributed by atoms with Crippen molar-refractivity contribution < 1.29 is 19.1 Å². The van der Waals surface area contributed by atoms with E-state index >= 15 is 0 Å². The number of hydrogen-bond acceptors (Lipinski definition) is 4. The standard InChI is InChI=1S/C17H27N3O4/c1-12(11-18-16(22)24-17(2,3)4)20(5)15(21)19-13-7-9-14(23-6)10-8-13/h7-10,12H,11H2,1-6H3,(H,18,22)(H,19,21). The Morgan fingerprint density at radius 3 is 2.29 bits per heavy atom. The lowest BCUT2D eigenvalue weighted by Crippen LogP contribution is -2.45. The van der Waals surface area contributed by atoms with Crippen LogP contribution >= 0.6 is 0 Å². The average Bonchev–Trinajstić information content (AvgIpc) is 2.50. The summed E-state index contributed by atoms with van der Waals surface area (Å²) in [6, 6.07) is 6.59. The second-order valence-electron chi connectivity index (χ2n) is 6.50. The smallest absolute Gasteiger partial charge is 0.407 e. The Bertz CT molecular complexity index is 552. The number of carbonyl (C=O) groups excluding carboxylic acids is 2. The van der Waals surface area contributed by atoms with Crippen molar-refractivity contribution >= 4 is 17.8 Å². The molecule has 0 saturated heterocycles. The molecule has 0 aromatic heterocycles. The molecule has 0 fully saturated rings. The largest absolute Gasteiger partial charge is 0.497 e. The van der Waals surface area contributed by atoms with E-state index < -0.39 is 11.7 Å². The van der Waals surface area contributed by atoms with Gasteiger partial charge in [-0.05, 0) is 52.0 Å². The minimum atomic E-state index is -0.551. The molecule has 0 saturated carbocycles. The third-order valence-electron chi connectivity index (χ3n) is 3.26. The Morgan fingerprint density at radius 2 is 1.79 bits per heavy atom. The number of alkyl carbamates (subject to hydrolysis) is 1. The molecular formula is C17H27N3O4. The van der Waals surface area contributed by atoms with Gasteiger partial charge in [-0.2, -0.15) is 0 Å². The first kappa shape index (κ1) is 19.6. The van der Waals surface area contributed by atoms with Gasteiger partial charge >= 0.3 is 12.1 Å². The number of nitrogens with zero attached hydrogens (tertiary/aromatic N) is 1. The minimum Gasteiger partial charge on any atom is -0.497 e.